The van der Waals surface area contributed by atoms with Gasteiger partial charge < -0.3 is 20.0 Å². The van der Waals surface area contributed by atoms with Crippen LogP contribution in [0.2, 0.25) is 0 Å². The molecule has 0 spiro atoms. The predicted octanol–water partition coefficient (Wildman–Crippen LogP) is 0.272. The first kappa shape index (κ1) is 15.0. The van der Waals surface area contributed by atoms with Gasteiger partial charge in [-0.25, -0.2) is 0 Å². The number of rotatable bonds is 7. The van der Waals surface area contributed by atoms with Crippen LogP contribution in [0.4, 0.5) is 0 Å². The summed E-state index contributed by atoms with van der Waals surface area (Å²) in [6, 6.07) is 6.45. The third-order valence-corrected chi connectivity index (χ3v) is 2.56. The molecular formula is C14H18NO4-. The molecule has 1 aromatic rings. The van der Waals surface area contributed by atoms with Gasteiger partial charge in [0.15, 0.2) is 6.61 Å². The summed E-state index contributed by atoms with van der Waals surface area (Å²) in [6.45, 7) is 3.23. The van der Waals surface area contributed by atoms with E-state index in [-0.39, 0.29) is 6.61 Å². The third kappa shape index (κ3) is 5.42. The van der Waals surface area contributed by atoms with Crippen LogP contribution in [0.1, 0.15) is 25.8 Å². The molecule has 19 heavy (non-hydrogen) atoms. The van der Waals surface area contributed by atoms with E-state index in [1.807, 2.05) is 12.1 Å². The Kier molecular flexibility index (Phi) is 5.85. The van der Waals surface area contributed by atoms with Crippen LogP contribution in [0.3, 0.4) is 0 Å². The number of carbonyl (C=O) groups is 2. The lowest BCUT2D eigenvalue weighted by molar-refractivity contribution is -0.307. The average molecular weight is 264 g/mol. The minimum atomic E-state index is -1.32. The number of carboxylic acid groups (broad SMARTS) is 1. The first-order valence-corrected chi connectivity index (χ1v) is 6.25. The molecule has 1 aromatic carbocycles. The number of benzene rings is 1. The molecule has 1 N–H and O–H groups in total. The van der Waals surface area contributed by atoms with Crippen molar-refractivity contribution in [3.8, 4) is 5.75 Å². The van der Waals surface area contributed by atoms with Crippen molar-refractivity contribution in [1.29, 1.82) is 0 Å². The van der Waals surface area contributed by atoms with Gasteiger partial charge in [-0.2, -0.15) is 0 Å². The first-order valence-electron chi connectivity index (χ1n) is 6.25. The molecule has 0 fully saturated rings. The summed E-state index contributed by atoms with van der Waals surface area (Å²) in [4.78, 5) is 21.8. The summed E-state index contributed by atoms with van der Waals surface area (Å²) in [5, 5.41) is 12.7. The molecule has 5 heteroatoms. The molecule has 1 amide bonds. The van der Waals surface area contributed by atoms with Crippen molar-refractivity contribution in [3.05, 3.63) is 29.8 Å². The van der Waals surface area contributed by atoms with Gasteiger partial charge in [0.25, 0.3) is 5.91 Å². The zero-order chi connectivity index (χ0) is 14.3. The maximum absolute atomic E-state index is 11.4. The zero-order valence-electron chi connectivity index (χ0n) is 11.1. The van der Waals surface area contributed by atoms with E-state index in [1.165, 1.54) is 12.5 Å². The zero-order valence-corrected chi connectivity index (χ0v) is 11.1. The molecule has 1 atom stereocenters. The van der Waals surface area contributed by atoms with Crippen LogP contribution < -0.4 is 15.2 Å². The summed E-state index contributed by atoms with van der Waals surface area (Å²) in [6.07, 6.45) is 2.08. The Morgan fingerprint density at radius 2 is 1.95 bits per heavy atom. The van der Waals surface area contributed by atoms with Gasteiger partial charge in [-0.15, -0.1) is 0 Å². The number of amides is 1. The van der Waals surface area contributed by atoms with Crippen molar-refractivity contribution >= 4 is 11.9 Å². The highest BCUT2D eigenvalue weighted by Crippen LogP contribution is 2.13. The number of carboxylic acids is 1. The summed E-state index contributed by atoms with van der Waals surface area (Å²) >= 11 is 0. The van der Waals surface area contributed by atoms with Crippen molar-refractivity contribution in [3.63, 3.8) is 0 Å². The molecular weight excluding hydrogens is 246 g/mol. The Balaban J connectivity index is 2.39. The van der Waals surface area contributed by atoms with E-state index in [0.717, 1.165) is 12.8 Å². The molecule has 0 unspecified atom stereocenters. The summed E-state index contributed by atoms with van der Waals surface area (Å²) in [5.74, 6) is -1.23. The molecule has 5 nitrogen and oxygen atoms in total. The van der Waals surface area contributed by atoms with Crippen molar-refractivity contribution in [2.75, 3.05) is 6.61 Å². The van der Waals surface area contributed by atoms with E-state index in [2.05, 4.69) is 12.2 Å². The Morgan fingerprint density at radius 3 is 2.47 bits per heavy atom. The highest BCUT2D eigenvalue weighted by molar-refractivity contribution is 5.83. The molecule has 0 aromatic heterocycles. The second kappa shape index (κ2) is 7.41. The van der Waals surface area contributed by atoms with E-state index >= 15 is 0 Å². The predicted molar refractivity (Wildman–Crippen MR) is 68.5 cm³/mol. The fourth-order valence-corrected chi connectivity index (χ4v) is 1.53. The highest BCUT2D eigenvalue weighted by atomic mass is 16.5. The lowest BCUT2D eigenvalue weighted by atomic mass is 10.1. The van der Waals surface area contributed by atoms with Crippen LogP contribution in [-0.4, -0.2) is 24.5 Å². The number of nitrogens with one attached hydrogen (secondary N) is 1. The largest absolute Gasteiger partial charge is 0.548 e. The Morgan fingerprint density at radius 1 is 1.32 bits per heavy atom. The van der Waals surface area contributed by atoms with Gasteiger partial charge in [0.2, 0.25) is 0 Å². The van der Waals surface area contributed by atoms with Crippen LogP contribution in [0.5, 0.6) is 5.75 Å². The fourth-order valence-electron chi connectivity index (χ4n) is 1.53. The Hall–Kier alpha value is -2.04. The normalized spacial score (nSPS) is 11.7. The Bertz CT molecular complexity index is 428. The molecule has 1 rings (SSSR count). The molecule has 0 aliphatic heterocycles. The van der Waals surface area contributed by atoms with Crippen LogP contribution in [0.15, 0.2) is 24.3 Å². The summed E-state index contributed by atoms with van der Waals surface area (Å²) in [7, 11) is 0. The second-order valence-electron chi connectivity index (χ2n) is 4.29. The minimum Gasteiger partial charge on any atom is -0.548 e. The van der Waals surface area contributed by atoms with E-state index in [4.69, 9.17) is 4.74 Å². The smallest absolute Gasteiger partial charge is 0.258 e. The number of aliphatic carboxylic acids is 1. The molecule has 0 saturated heterocycles. The number of aryl methyl sites for hydroxylation is 1. The van der Waals surface area contributed by atoms with Crippen molar-refractivity contribution < 1.29 is 19.4 Å². The van der Waals surface area contributed by atoms with Gasteiger partial charge in [0, 0.05) is 0 Å². The standard InChI is InChI=1S/C14H19NO4/c1-3-4-11-5-7-12(8-6-11)19-9-13(16)15-10(2)14(17)18/h5-8,10H,3-4,9H2,1-2H3,(H,15,16)(H,17,18)/p-1/t10-/m0/s1. The molecule has 0 saturated carbocycles. The number of hydrogen-bond donors (Lipinski definition) is 1. The van der Waals surface area contributed by atoms with E-state index in [1.54, 1.807) is 12.1 Å². The molecule has 0 heterocycles. The minimum absolute atomic E-state index is 0.218. The van der Waals surface area contributed by atoms with Crippen molar-refractivity contribution in [1.82, 2.24) is 5.32 Å². The van der Waals surface area contributed by atoms with Crippen LogP contribution >= 0.6 is 0 Å². The third-order valence-electron chi connectivity index (χ3n) is 2.56. The lowest BCUT2D eigenvalue weighted by Gasteiger charge is -2.14. The molecule has 0 aliphatic carbocycles. The summed E-state index contributed by atoms with van der Waals surface area (Å²) < 4.78 is 5.26. The van der Waals surface area contributed by atoms with Gasteiger partial charge in [-0.1, -0.05) is 25.5 Å². The highest BCUT2D eigenvalue weighted by Gasteiger charge is 2.08. The van der Waals surface area contributed by atoms with Crippen LogP contribution in [-0.2, 0) is 16.0 Å². The van der Waals surface area contributed by atoms with Crippen LogP contribution in [0, 0.1) is 0 Å². The Labute approximate surface area is 112 Å². The average Bonchev–Trinajstić information content (AvgIpc) is 2.38. The number of ether oxygens (including phenoxy) is 1. The summed E-state index contributed by atoms with van der Waals surface area (Å²) in [5.41, 5.74) is 1.21. The van der Waals surface area contributed by atoms with Crippen molar-refractivity contribution in [2.45, 2.75) is 32.7 Å². The van der Waals surface area contributed by atoms with Gasteiger partial charge >= 0.3 is 0 Å². The van der Waals surface area contributed by atoms with Crippen LogP contribution in [0.25, 0.3) is 0 Å². The maximum atomic E-state index is 11.4. The quantitative estimate of drug-likeness (QED) is 0.767. The van der Waals surface area contributed by atoms with E-state index < -0.39 is 17.9 Å². The number of hydrogen-bond acceptors (Lipinski definition) is 4. The lowest BCUT2D eigenvalue weighted by Crippen LogP contribution is -2.47. The molecule has 0 bridgehead atoms. The van der Waals surface area contributed by atoms with Gasteiger partial charge in [-0.3, -0.25) is 4.79 Å². The van der Waals surface area contributed by atoms with Crippen molar-refractivity contribution in [2.24, 2.45) is 0 Å². The molecule has 104 valence electrons. The maximum Gasteiger partial charge on any atom is 0.258 e. The topological polar surface area (TPSA) is 78.5 Å². The molecule has 0 aliphatic rings. The van der Waals surface area contributed by atoms with Gasteiger partial charge in [0.1, 0.15) is 5.75 Å². The first-order chi connectivity index (χ1) is 9.02. The number of carbonyl (C=O) groups excluding carboxylic acids is 2. The van der Waals surface area contributed by atoms with E-state index in [9.17, 15) is 14.7 Å². The second-order valence-corrected chi connectivity index (χ2v) is 4.29. The van der Waals surface area contributed by atoms with Gasteiger partial charge in [-0.05, 0) is 31.0 Å². The fraction of sp³-hybridized carbons (Fsp3) is 0.429. The van der Waals surface area contributed by atoms with E-state index in [0.29, 0.717) is 5.75 Å². The monoisotopic (exact) mass is 264 g/mol. The molecule has 0 radical (unpaired) electrons. The SMILES string of the molecule is CCCc1ccc(OCC(=O)N[C@@H](C)C(=O)[O-])cc1. The van der Waals surface area contributed by atoms with Gasteiger partial charge in [0.05, 0.1) is 12.0 Å².